The van der Waals surface area contributed by atoms with Crippen molar-refractivity contribution >= 4 is 23.2 Å². The van der Waals surface area contributed by atoms with Gasteiger partial charge in [-0.25, -0.2) is 4.39 Å². The SMILES string of the molecule is CCCCCCCCCC(=O)N(CCOC)CC(=O)N(Cc1ccc(F)cc1)Cc1sccc1C. The summed E-state index contributed by atoms with van der Waals surface area (Å²) in [6, 6.07) is 8.25. The predicted molar refractivity (Wildman–Crippen MR) is 141 cm³/mol. The van der Waals surface area contributed by atoms with Crippen molar-refractivity contribution in [3.8, 4) is 0 Å². The number of carbonyl (C=O) groups is 2. The number of carbonyl (C=O) groups excluding carboxylic acids is 2. The number of halogens is 1. The van der Waals surface area contributed by atoms with Gasteiger partial charge in [0.2, 0.25) is 11.8 Å². The number of thiophene rings is 1. The fourth-order valence-electron chi connectivity index (χ4n) is 3.93. The van der Waals surface area contributed by atoms with Crippen molar-refractivity contribution in [3.63, 3.8) is 0 Å². The minimum Gasteiger partial charge on any atom is -0.383 e. The van der Waals surface area contributed by atoms with Gasteiger partial charge >= 0.3 is 0 Å². The van der Waals surface area contributed by atoms with Crippen LogP contribution in [0.15, 0.2) is 35.7 Å². The molecular weight excluding hydrogens is 463 g/mol. The molecule has 7 heteroatoms. The number of hydrogen-bond donors (Lipinski definition) is 0. The standard InChI is InChI=1S/C28H41FN2O3S/c1-4-5-6-7-8-9-10-11-27(32)30(17-18-34-3)22-28(33)31(21-26-23(2)16-19-35-26)20-24-12-14-25(29)15-13-24/h12-16,19H,4-11,17-18,20-22H2,1-3H3. The van der Waals surface area contributed by atoms with Crippen LogP contribution in [-0.4, -0.2) is 48.4 Å². The molecule has 0 N–H and O–H groups in total. The second-order valence-corrected chi connectivity index (χ2v) is 10.1. The molecule has 1 aromatic heterocycles. The fourth-order valence-corrected chi connectivity index (χ4v) is 4.85. The van der Waals surface area contributed by atoms with Crippen LogP contribution in [-0.2, 0) is 27.4 Å². The molecule has 0 fully saturated rings. The molecule has 0 aliphatic heterocycles. The van der Waals surface area contributed by atoms with E-state index in [1.807, 2.05) is 18.4 Å². The van der Waals surface area contributed by atoms with Crippen LogP contribution in [0.3, 0.4) is 0 Å². The first-order chi connectivity index (χ1) is 16.9. The quantitative estimate of drug-likeness (QED) is 0.236. The zero-order valence-corrected chi connectivity index (χ0v) is 22.4. The number of rotatable bonds is 17. The molecule has 0 aliphatic rings. The molecule has 0 aliphatic carbocycles. The summed E-state index contributed by atoms with van der Waals surface area (Å²) in [5.74, 6) is -0.424. The summed E-state index contributed by atoms with van der Waals surface area (Å²) in [5.41, 5.74) is 1.99. The first kappa shape index (κ1) is 29.0. The number of unbranched alkanes of at least 4 members (excludes halogenated alkanes) is 6. The summed E-state index contributed by atoms with van der Waals surface area (Å²) in [6.45, 7) is 5.85. The van der Waals surface area contributed by atoms with Crippen LogP contribution in [0.2, 0.25) is 0 Å². The van der Waals surface area contributed by atoms with Crippen LogP contribution in [0.5, 0.6) is 0 Å². The lowest BCUT2D eigenvalue weighted by Crippen LogP contribution is -2.43. The van der Waals surface area contributed by atoms with Crippen LogP contribution in [0, 0.1) is 12.7 Å². The van der Waals surface area contributed by atoms with Gasteiger partial charge in [0.05, 0.1) is 19.7 Å². The van der Waals surface area contributed by atoms with Gasteiger partial charge in [-0.15, -0.1) is 11.3 Å². The van der Waals surface area contributed by atoms with Gasteiger partial charge in [-0.05, 0) is 48.1 Å². The van der Waals surface area contributed by atoms with Crippen LogP contribution >= 0.6 is 11.3 Å². The third-order valence-electron chi connectivity index (χ3n) is 6.18. The summed E-state index contributed by atoms with van der Waals surface area (Å²) in [6.07, 6.45) is 8.45. The smallest absolute Gasteiger partial charge is 0.242 e. The molecule has 5 nitrogen and oxygen atoms in total. The van der Waals surface area contributed by atoms with E-state index in [1.165, 1.54) is 37.8 Å². The highest BCUT2D eigenvalue weighted by molar-refractivity contribution is 7.10. The predicted octanol–water partition coefficient (Wildman–Crippen LogP) is 6.34. The number of hydrogen-bond acceptors (Lipinski definition) is 4. The average molecular weight is 505 g/mol. The van der Waals surface area contributed by atoms with E-state index >= 15 is 0 Å². The minimum absolute atomic E-state index is 0.00186. The van der Waals surface area contributed by atoms with Crippen molar-refractivity contribution in [1.82, 2.24) is 9.80 Å². The van der Waals surface area contributed by atoms with Gasteiger partial charge in [0.1, 0.15) is 5.82 Å². The number of methoxy groups -OCH3 is 1. The fraction of sp³-hybridized carbons (Fsp3) is 0.571. The van der Waals surface area contributed by atoms with E-state index in [9.17, 15) is 14.0 Å². The summed E-state index contributed by atoms with van der Waals surface area (Å²) >= 11 is 1.61. The average Bonchev–Trinajstić information content (AvgIpc) is 3.25. The number of nitrogens with zero attached hydrogens (tertiary/aromatic N) is 2. The summed E-state index contributed by atoms with van der Waals surface area (Å²) in [7, 11) is 1.60. The second kappa shape index (κ2) is 16.4. The van der Waals surface area contributed by atoms with Crippen LogP contribution < -0.4 is 0 Å². The Hall–Kier alpha value is -2.25. The lowest BCUT2D eigenvalue weighted by molar-refractivity contribution is -0.141. The maximum atomic E-state index is 13.4. The molecule has 0 radical (unpaired) electrons. The van der Waals surface area contributed by atoms with E-state index in [1.54, 1.807) is 40.4 Å². The molecule has 0 spiro atoms. The van der Waals surface area contributed by atoms with Crippen LogP contribution in [0.4, 0.5) is 4.39 Å². The molecule has 0 saturated heterocycles. The minimum atomic E-state index is -0.303. The Bertz CT molecular complexity index is 885. The van der Waals surface area contributed by atoms with Crippen molar-refractivity contribution in [3.05, 3.63) is 57.5 Å². The first-order valence-electron chi connectivity index (χ1n) is 12.8. The highest BCUT2D eigenvalue weighted by Crippen LogP contribution is 2.20. The van der Waals surface area contributed by atoms with Gasteiger partial charge in [-0.3, -0.25) is 9.59 Å². The number of ether oxygens (including phenoxy) is 1. The van der Waals surface area contributed by atoms with Gasteiger partial charge in [0.25, 0.3) is 0 Å². The third kappa shape index (κ3) is 10.9. The Morgan fingerprint density at radius 1 is 0.914 bits per heavy atom. The second-order valence-electron chi connectivity index (χ2n) is 9.08. The van der Waals surface area contributed by atoms with Gasteiger partial charge in [-0.1, -0.05) is 57.6 Å². The maximum absolute atomic E-state index is 13.4. The zero-order valence-electron chi connectivity index (χ0n) is 21.6. The monoisotopic (exact) mass is 504 g/mol. The Morgan fingerprint density at radius 2 is 1.60 bits per heavy atom. The molecule has 1 aromatic carbocycles. The molecule has 194 valence electrons. The highest BCUT2D eigenvalue weighted by Gasteiger charge is 2.22. The molecule has 2 rings (SSSR count). The van der Waals surface area contributed by atoms with E-state index in [4.69, 9.17) is 4.74 Å². The number of benzene rings is 1. The highest BCUT2D eigenvalue weighted by atomic mass is 32.1. The van der Waals surface area contributed by atoms with Crippen molar-refractivity contribution in [1.29, 1.82) is 0 Å². The van der Waals surface area contributed by atoms with Crippen molar-refractivity contribution in [2.45, 2.75) is 78.3 Å². The molecule has 0 bridgehead atoms. The lowest BCUT2D eigenvalue weighted by atomic mass is 10.1. The number of aryl methyl sites for hydroxylation is 1. The lowest BCUT2D eigenvalue weighted by Gasteiger charge is -2.28. The molecular formula is C28H41FN2O3S. The summed E-state index contributed by atoms with van der Waals surface area (Å²) in [5, 5.41) is 2.02. The summed E-state index contributed by atoms with van der Waals surface area (Å²) in [4.78, 5) is 30.9. The Morgan fingerprint density at radius 3 is 2.23 bits per heavy atom. The van der Waals surface area contributed by atoms with E-state index in [-0.39, 0.29) is 24.2 Å². The van der Waals surface area contributed by atoms with Crippen molar-refractivity contribution < 1.29 is 18.7 Å². The Balaban J connectivity index is 2.01. The van der Waals surface area contributed by atoms with Crippen molar-refractivity contribution in [2.24, 2.45) is 0 Å². The molecule has 2 aromatic rings. The largest absolute Gasteiger partial charge is 0.383 e. The van der Waals surface area contributed by atoms with Gasteiger partial charge in [0.15, 0.2) is 0 Å². The molecule has 0 unspecified atom stereocenters. The third-order valence-corrected chi connectivity index (χ3v) is 7.19. The molecule has 2 amide bonds. The van der Waals surface area contributed by atoms with E-state index < -0.39 is 0 Å². The molecule has 1 heterocycles. The van der Waals surface area contributed by atoms with Crippen LogP contribution in [0.25, 0.3) is 0 Å². The normalized spacial score (nSPS) is 11.0. The van der Waals surface area contributed by atoms with Crippen molar-refractivity contribution in [2.75, 3.05) is 26.8 Å². The molecule has 35 heavy (non-hydrogen) atoms. The van der Waals surface area contributed by atoms with Gasteiger partial charge in [-0.2, -0.15) is 0 Å². The van der Waals surface area contributed by atoms with E-state index in [0.717, 1.165) is 35.3 Å². The maximum Gasteiger partial charge on any atom is 0.242 e. The number of amides is 2. The Kier molecular flexibility index (Phi) is 13.6. The van der Waals surface area contributed by atoms with Gasteiger partial charge in [0, 0.05) is 31.5 Å². The first-order valence-corrected chi connectivity index (χ1v) is 13.6. The zero-order chi connectivity index (χ0) is 25.5. The van der Waals surface area contributed by atoms with Crippen LogP contribution in [0.1, 0.15) is 74.3 Å². The topological polar surface area (TPSA) is 49.9 Å². The molecule has 0 saturated carbocycles. The Labute approximate surface area is 214 Å². The molecule has 0 atom stereocenters. The van der Waals surface area contributed by atoms with E-state index in [2.05, 4.69) is 6.92 Å². The summed E-state index contributed by atoms with van der Waals surface area (Å²) < 4.78 is 18.6. The van der Waals surface area contributed by atoms with Gasteiger partial charge < -0.3 is 14.5 Å². The van der Waals surface area contributed by atoms with E-state index in [0.29, 0.717) is 32.7 Å².